The van der Waals surface area contributed by atoms with Gasteiger partial charge in [0.2, 0.25) is 35.0 Å². The van der Waals surface area contributed by atoms with E-state index in [1.807, 2.05) is 0 Å². The highest BCUT2D eigenvalue weighted by Crippen LogP contribution is 2.28. The lowest BCUT2D eigenvalue weighted by atomic mass is 10.0. The Morgan fingerprint density at radius 2 is 0.846 bits per heavy atom. The second-order valence-corrected chi connectivity index (χ2v) is 20.8. The first-order valence-electron chi connectivity index (χ1n) is 27.6. The van der Waals surface area contributed by atoms with Crippen LogP contribution in [0.1, 0.15) is 121 Å². The summed E-state index contributed by atoms with van der Waals surface area (Å²) < 4.78 is 38.0. The third-order valence-corrected chi connectivity index (χ3v) is 14.7. The van der Waals surface area contributed by atoms with Gasteiger partial charge in [-0.05, 0) is 111 Å². The van der Waals surface area contributed by atoms with Crippen molar-refractivity contribution in [2.45, 2.75) is 147 Å². The molecule has 2 saturated heterocycles. The van der Waals surface area contributed by atoms with Gasteiger partial charge >= 0.3 is 0 Å². The SMILES string of the molecule is C.COc1ccc(Nc2nc(Cl)nc(NC3CCCCCC3)n2)cc1F.COc1ccc(Nc2nc(NC3CCCCCC3)nc(NC3CCN(Cc4ccccc4)CC3)n2)cc1F.NC1CCN(Cc2ccccc2)CC1. The molecule has 0 unspecified atom stereocenters. The molecule has 16 nitrogen and oxygen atoms in total. The van der Waals surface area contributed by atoms with E-state index in [9.17, 15) is 8.78 Å². The van der Waals surface area contributed by atoms with Crippen molar-refractivity contribution in [2.24, 2.45) is 5.73 Å². The molecular weight excluding hydrogens is 1010 g/mol. The molecule has 0 radical (unpaired) electrons. The summed E-state index contributed by atoms with van der Waals surface area (Å²) in [7, 11) is 2.87. The van der Waals surface area contributed by atoms with Gasteiger partial charge in [-0.2, -0.15) is 29.9 Å². The maximum Gasteiger partial charge on any atom is 0.233 e. The first-order valence-corrected chi connectivity index (χ1v) is 28.0. The van der Waals surface area contributed by atoms with E-state index in [-0.39, 0.29) is 36.2 Å². The van der Waals surface area contributed by atoms with Gasteiger partial charge in [0.1, 0.15) is 0 Å². The normalized spacial score (nSPS) is 17.1. The number of piperidine rings is 2. The third kappa shape index (κ3) is 19.5. The molecule has 7 N–H and O–H groups in total. The maximum atomic E-state index is 14.3. The lowest BCUT2D eigenvalue weighted by Gasteiger charge is -2.32. The number of nitrogens with zero attached hydrogens (tertiary/aromatic N) is 8. The Morgan fingerprint density at radius 3 is 1.26 bits per heavy atom. The molecule has 0 amide bonds. The molecule has 420 valence electrons. The largest absolute Gasteiger partial charge is 0.494 e. The summed E-state index contributed by atoms with van der Waals surface area (Å²) >= 11 is 6.01. The van der Waals surface area contributed by atoms with Crippen LogP contribution in [-0.4, -0.2) is 104 Å². The lowest BCUT2D eigenvalue weighted by molar-refractivity contribution is 0.205. The highest BCUT2D eigenvalue weighted by atomic mass is 35.5. The Kier molecular flexibility index (Phi) is 23.7. The predicted molar refractivity (Wildman–Crippen MR) is 311 cm³/mol. The Labute approximate surface area is 465 Å². The maximum absolute atomic E-state index is 14.3. The first kappa shape index (κ1) is 59.2. The molecule has 2 aromatic heterocycles. The van der Waals surface area contributed by atoms with Gasteiger partial charge in [0.25, 0.3) is 0 Å². The van der Waals surface area contributed by atoms with Crippen molar-refractivity contribution in [1.82, 2.24) is 39.7 Å². The fraction of sp³-hybridized carbons (Fsp3) is 0.492. The number of nitrogens with one attached hydrogen (secondary N) is 5. The fourth-order valence-electron chi connectivity index (χ4n) is 10.2. The predicted octanol–water partition coefficient (Wildman–Crippen LogP) is 12.8. The molecular formula is C59H81ClF2N14O2. The van der Waals surface area contributed by atoms with Gasteiger partial charge < -0.3 is 41.8 Å². The van der Waals surface area contributed by atoms with Crippen molar-refractivity contribution in [2.75, 3.05) is 67.0 Å². The van der Waals surface area contributed by atoms with Gasteiger partial charge in [-0.1, -0.05) is 119 Å². The number of rotatable bonds is 16. The van der Waals surface area contributed by atoms with Crippen molar-refractivity contribution in [1.29, 1.82) is 0 Å². The smallest absolute Gasteiger partial charge is 0.233 e. The van der Waals surface area contributed by atoms with E-state index in [2.05, 4.69) is 122 Å². The van der Waals surface area contributed by atoms with E-state index in [0.717, 1.165) is 90.6 Å². The Balaban J connectivity index is 0.000000188. The topological polar surface area (TPSA) is 188 Å². The van der Waals surface area contributed by atoms with Crippen molar-refractivity contribution >= 4 is 52.7 Å². The van der Waals surface area contributed by atoms with Crippen LogP contribution in [0.2, 0.25) is 5.28 Å². The van der Waals surface area contributed by atoms with Gasteiger partial charge in [0, 0.05) is 73.9 Å². The molecule has 0 bridgehead atoms. The molecule has 6 aromatic rings. The second kappa shape index (κ2) is 31.2. The van der Waals surface area contributed by atoms with E-state index in [4.69, 9.17) is 31.8 Å². The summed E-state index contributed by atoms with van der Waals surface area (Å²) in [5, 5.41) is 16.6. The number of anilines is 7. The molecule has 10 rings (SSSR count). The number of halogens is 3. The highest BCUT2D eigenvalue weighted by molar-refractivity contribution is 6.28. The van der Waals surface area contributed by atoms with Crippen LogP contribution >= 0.6 is 11.6 Å². The average molecular weight is 1090 g/mol. The summed E-state index contributed by atoms with van der Waals surface area (Å²) in [6.07, 6.45) is 18.6. The van der Waals surface area contributed by atoms with Crippen LogP contribution in [0.3, 0.4) is 0 Å². The molecule has 0 atom stereocenters. The number of likely N-dealkylation sites (tertiary alicyclic amines) is 2. The minimum absolute atomic E-state index is 0. The van der Waals surface area contributed by atoms with Gasteiger partial charge in [-0.3, -0.25) is 9.80 Å². The minimum Gasteiger partial charge on any atom is -0.494 e. The summed E-state index contributed by atoms with van der Waals surface area (Å²) in [6, 6.07) is 31.9. The average Bonchev–Trinajstić information content (AvgIpc) is 3.86. The number of hydrogen-bond donors (Lipinski definition) is 6. The van der Waals surface area contributed by atoms with E-state index < -0.39 is 11.6 Å². The zero-order valence-corrected chi connectivity index (χ0v) is 45.5. The summed E-state index contributed by atoms with van der Waals surface area (Å²) in [5.41, 5.74) is 9.66. The van der Waals surface area contributed by atoms with E-state index in [1.165, 1.54) is 94.9 Å². The van der Waals surface area contributed by atoms with Crippen molar-refractivity contribution in [3.63, 3.8) is 0 Å². The van der Waals surface area contributed by atoms with Crippen LogP contribution < -0.4 is 41.8 Å². The second-order valence-electron chi connectivity index (χ2n) is 20.5. The summed E-state index contributed by atoms with van der Waals surface area (Å²) in [6.45, 7) is 6.38. The standard InChI is InChI=1S/C29H38FN7O.C17H21ClFN5O.C12H18N2.CH4/c1-38-26-14-13-24(19-25(26)30)33-29-35-27(31-22-11-7-2-3-8-12-22)34-28(36-29)32-23-15-17-37(18-16-23)20-21-9-5-4-6-10-21;1-25-14-9-8-12(10-13(14)19)21-17-23-15(18)22-16(24-17)20-11-6-4-2-3-5-7-11;13-12-6-8-14(9-7-12)10-11-4-2-1-3-5-11;/h4-6,9-10,13-14,19,22-23H,2-3,7-8,11-12,15-18,20H2,1H3,(H3,31,32,33,34,35,36);8-11H,2-7H2,1H3,(H2,20,21,22,23,24);1-5,12H,6-10,13H2;1H4. The summed E-state index contributed by atoms with van der Waals surface area (Å²) in [5.74, 6) is 1.63. The number of aromatic nitrogens is 6. The molecule has 4 aliphatic rings. The molecule has 2 aliphatic heterocycles. The molecule has 2 aliphatic carbocycles. The van der Waals surface area contributed by atoms with Crippen LogP contribution in [0.15, 0.2) is 97.1 Å². The summed E-state index contributed by atoms with van der Waals surface area (Å²) in [4.78, 5) is 31.5. The minimum atomic E-state index is -0.468. The molecule has 4 aromatic carbocycles. The zero-order valence-electron chi connectivity index (χ0n) is 44.7. The molecule has 0 spiro atoms. The Morgan fingerprint density at radius 1 is 0.487 bits per heavy atom. The van der Waals surface area contributed by atoms with Gasteiger partial charge in [0.05, 0.1) is 14.2 Å². The molecule has 4 fully saturated rings. The zero-order chi connectivity index (χ0) is 53.6. The van der Waals surface area contributed by atoms with Gasteiger partial charge in [0.15, 0.2) is 23.1 Å². The third-order valence-electron chi connectivity index (χ3n) is 14.5. The van der Waals surface area contributed by atoms with Crippen LogP contribution in [-0.2, 0) is 13.1 Å². The molecule has 78 heavy (non-hydrogen) atoms. The Bertz CT molecular complexity index is 2680. The lowest BCUT2D eigenvalue weighted by Crippen LogP contribution is -2.39. The molecule has 2 saturated carbocycles. The number of benzene rings is 4. The quantitative estimate of drug-likeness (QED) is 0.0502. The number of ether oxygens (including phenoxy) is 2. The van der Waals surface area contributed by atoms with Crippen LogP contribution in [0.4, 0.5) is 49.9 Å². The molecule has 4 heterocycles. The van der Waals surface area contributed by atoms with Crippen molar-refractivity contribution < 1.29 is 18.3 Å². The number of methoxy groups -OCH3 is 2. The fourth-order valence-corrected chi connectivity index (χ4v) is 10.4. The van der Waals surface area contributed by atoms with E-state index in [0.29, 0.717) is 53.3 Å². The van der Waals surface area contributed by atoms with Crippen molar-refractivity contribution in [3.8, 4) is 11.5 Å². The first-order chi connectivity index (χ1) is 37.6. The van der Waals surface area contributed by atoms with Gasteiger partial charge in [-0.15, -0.1) is 0 Å². The van der Waals surface area contributed by atoms with E-state index in [1.54, 1.807) is 18.2 Å². The number of nitrogens with two attached hydrogens (primary N) is 1. The monoisotopic (exact) mass is 1090 g/mol. The van der Waals surface area contributed by atoms with Crippen LogP contribution in [0.5, 0.6) is 11.5 Å². The van der Waals surface area contributed by atoms with Crippen molar-refractivity contribution in [3.05, 3.63) is 125 Å². The van der Waals surface area contributed by atoms with Gasteiger partial charge in [-0.25, -0.2) is 8.78 Å². The van der Waals surface area contributed by atoms with Crippen LogP contribution in [0.25, 0.3) is 0 Å². The van der Waals surface area contributed by atoms with E-state index >= 15 is 0 Å². The number of hydrogen-bond acceptors (Lipinski definition) is 16. The Hall–Kier alpha value is -6.47. The van der Waals surface area contributed by atoms with Crippen LogP contribution in [0, 0.1) is 11.6 Å². The highest BCUT2D eigenvalue weighted by Gasteiger charge is 2.23. The molecule has 19 heteroatoms.